The van der Waals surface area contributed by atoms with Gasteiger partial charge in [-0.2, -0.15) is 0 Å². The van der Waals surface area contributed by atoms with Crippen LogP contribution in [0.5, 0.6) is 0 Å². The molecule has 0 saturated carbocycles. The van der Waals surface area contributed by atoms with Crippen LogP contribution in [0.4, 0.5) is 5.69 Å². The highest BCUT2D eigenvalue weighted by Gasteiger charge is 2.12. The van der Waals surface area contributed by atoms with Gasteiger partial charge < -0.3 is 10.5 Å². The van der Waals surface area contributed by atoms with Crippen LogP contribution in [0.3, 0.4) is 0 Å². The molecule has 2 aromatic heterocycles. The third kappa shape index (κ3) is 2.48. The first kappa shape index (κ1) is 12.6. The van der Waals surface area contributed by atoms with E-state index in [2.05, 4.69) is 4.98 Å². The minimum absolute atomic E-state index is 0.223. The maximum atomic E-state index is 11.9. The largest absolute Gasteiger partial charge is 0.457 e. The van der Waals surface area contributed by atoms with Crippen molar-refractivity contribution >= 4 is 33.9 Å². The molecule has 3 aromatic rings. The summed E-state index contributed by atoms with van der Waals surface area (Å²) in [6.45, 7) is 0.223. The molecule has 0 saturated heterocycles. The molecule has 0 atom stereocenters. The van der Waals surface area contributed by atoms with E-state index in [0.717, 1.165) is 16.5 Å². The van der Waals surface area contributed by atoms with Crippen LogP contribution in [0.15, 0.2) is 48.0 Å². The fraction of sp³-hybridized carbons (Fsp3) is 0.0667. The lowest BCUT2D eigenvalue weighted by atomic mass is 10.1. The topological polar surface area (TPSA) is 65.2 Å². The summed E-state index contributed by atoms with van der Waals surface area (Å²) in [6.07, 6.45) is 1.75. The van der Waals surface area contributed by atoms with Crippen LogP contribution in [-0.4, -0.2) is 11.0 Å². The average Bonchev–Trinajstić information content (AvgIpc) is 2.91. The van der Waals surface area contributed by atoms with Crippen molar-refractivity contribution in [2.24, 2.45) is 0 Å². The summed E-state index contributed by atoms with van der Waals surface area (Å²) in [6, 6.07) is 11.3. The van der Waals surface area contributed by atoms with Gasteiger partial charge in [0.05, 0.1) is 11.2 Å². The molecule has 2 N–H and O–H groups in total. The van der Waals surface area contributed by atoms with Gasteiger partial charge in [0.2, 0.25) is 0 Å². The molecule has 20 heavy (non-hydrogen) atoms. The number of ether oxygens (including phenoxy) is 1. The number of hydrogen-bond donors (Lipinski definition) is 1. The first-order valence-corrected chi connectivity index (χ1v) is 6.96. The third-order valence-corrected chi connectivity index (χ3v) is 3.83. The number of carbonyl (C=O) groups excluding carboxylic acids is 1. The number of esters is 1. The van der Waals surface area contributed by atoms with Crippen LogP contribution in [0, 0.1) is 0 Å². The normalized spacial score (nSPS) is 10.6. The molecule has 0 radical (unpaired) electrons. The summed E-state index contributed by atoms with van der Waals surface area (Å²) >= 11 is 1.29. The zero-order chi connectivity index (χ0) is 13.9. The molecule has 3 rings (SSSR count). The predicted octanol–water partition coefficient (Wildman–Crippen LogP) is 3.24. The molecular weight excluding hydrogens is 272 g/mol. The van der Waals surface area contributed by atoms with Crippen LogP contribution >= 0.6 is 11.3 Å². The number of benzene rings is 1. The molecule has 100 valence electrons. The van der Waals surface area contributed by atoms with Crippen molar-refractivity contribution in [1.29, 1.82) is 0 Å². The van der Waals surface area contributed by atoms with E-state index in [4.69, 9.17) is 10.5 Å². The minimum Gasteiger partial charge on any atom is -0.457 e. The Bertz CT molecular complexity index is 767. The molecule has 0 amide bonds. The first-order chi connectivity index (χ1) is 9.74. The zero-order valence-corrected chi connectivity index (χ0v) is 11.4. The number of anilines is 1. The van der Waals surface area contributed by atoms with Crippen molar-refractivity contribution < 1.29 is 9.53 Å². The number of rotatable bonds is 3. The van der Waals surface area contributed by atoms with E-state index in [1.807, 2.05) is 30.3 Å². The van der Waals surface area contributed by atoms with E-state index in [9.17, 15) is 4.79 Å². The molecule has 2 heterocycles. The monoisotopic (exact) mass is 284 g/mol. The molecule has 0 unspecified atom stereocenters. The van der Waals surface area contributed by atoms with Crippen LogP contribution < -0.4 is 5.73 Å². The lowest BCUT2D eigenvalue weighted by molar-refractivity contribution is 0.0480. The Hall–Kier alpha value is -2.40. The molecule has 1 aromatic carbocycles. The second-order valence-corrected chi connectivity index (χ2v) is 5.23. The summed E-state index contributed by atoms with van der Waals surface area (Å²) < 4.78 is 5.27. The van der Waals surface area contributed by atoms with Gasteiger partial charge in [0.15, 0.2) is 0 Å². The molecular formula is C15H12N2O2S. The van der Waals surface area contributed by atoms with Gasteiger partial charge in [0.1, 0.15) is 11.5 Å². The van der Waals surface area contributed by atoms with Gasteiger partial charge in [-0.1, -0.05) is 12.1 Å². The zero-order valence-electron chi connectivity index (χ0n) is 10.6. The quantitative estimate of drug-likeness (QED) is 0.750. The molecule has 0 aliphatic heterocycles. The molecule has 0 fully saturated rings. The Balaban J connectivity index is 1.74. The predicted molar refractivity (Wildman–Crippen MR) is 79.6 cm³/mol. The molecule has 0 aliphatic carbocycles. The van der Waals surface area contributed by atoms with Crippen molar-refractivity contribution in [3.63, 3.8) is 0 Å². The van der Waals surface area contributed by atoms with Crippen LogP contribution in [-0.2, 0) is 11.3 Å². The van der Waals surface area contributed by atoms with E-state index in [0.29, 0.717) is 10.6 Å². The van der Waals surface area contributed by atoms with E-state index < -0.39 is 0 Å². The van der Waals surface area contributed by atoms with Gasteiger partial charge >= 0.3 is 5.97 Å². The standard InChI is InChI=1S/C15H12N2O2S/c16-12-5-7-20-14(12)15(18)19-9-10-3-4-13-11(8-10)2-1-6-17-13/h1-8H,9,16H2. The van der Waals surface area contributed by atoms with Gasteiger partial charge in [0.25, 0.3) is 0 Å². The number of nitrogens with zero attached hydrogens (tertiary/aromatic N) is 1. The fourth-order valence-electron chi connectivity index (χ4n) is 1.91. The van der Waals surface area contributed by atoms with E-state index in [-0.39, 0.29) is 12.6 Å². The third-order valence-electron chi connectivity index (χ3n) is 2.92. The summed E-state index contributed by atoms with van der Waals surface area (Å²) in [7, 11) is 0. The van der Waals surface area contributed by atoms with Crippen molar-refractivity contribution in [3.05, 3.63) is 58.4 Å². The Morgan fingerprint density at radius 1 is 1.30 bits per heavy atom. The maximum Gasteiger partial charge on any atom is 0.350 e. The molecule has 0 aliphatic rings. The second kappa shape index (κ2) is 5.30. The highest BCUT2D eigenvalue weighted by molar-refractivity contribution is 7.12. The maximum absolute atomic E-state index is 11.9. The first-order valence-electron chi connectivity index (χ1n) is 6.08. The van der Waals surface area contributed by atoms with E-state index in [1.54, 1.807) is 17.6 Å². The number of carbonyl (C=O) groups is 1. The Morgan fingerprint density at radius 3 is 3.00 bits per heavy atom. The van der Waals surface area contributed by atoms with Crippen molar-refractivity contribution in [2.45, 2.75) is 6.61 Å². The number of hydrogen-bond acceptors (Lipinski definition) is 5. The number of nitrogen functional groups attached to an aromatic ring is 1. The smallest absolute Gasteiger partial charge is 0.350 e. The van der Waals surface area contributed by atoms with Crippen molar-refractivity contribution in [3.8, 4) is 0 Å². The highest BCUT2D eigenvalue weighted by atomic mass is 32.1. The summed E-state index contributed by atoms with van der Waals surface area (Å²) in [5, 5.41) is 2.80. The number of thiophene rings is 1. The Kier molecular flexibility index (Phi) is 3.35. The lowest BCUT2D eigenvalue weighted by Crippen LogP contribution is -2.05. The molecule has 4 nitrogen and oxygen atoms in total. The molecule has 5 heteroatoms. The van der Waals surface area contributed by atoms with Gasteiger partial charge in [0, 0.05) is 11.6 Å². The SMILES string of the molecule is Nc1ccsc1C(=O)OCc1ccc2ncccc2c1. The Labute approximate surface area is 119 Å². The number of aromatic nitrogens is 1. The summed E-state index contributed by atoms with van der Waals surface area (Å²) in [4.78, 5) is 16.6. The van der Waals surface area contributed by atoms with E-state index >= 15 is 0 Å². The summed E-state index contributed by atoms with van der Waals surface area (Å²) in [5.74, 6) is -0.385. The van der Waals surface area contributed by atoms with Gasteiger partial charge in [-0.15, -0.1) is 11.3 Å². The second-order valence-electron chi connectivity index (χ2n) is 4.31. The number of nitrogens with two attached hydrogens (primary N) is 1. The van der Waals surface area contributed by atoms with Crippen molar-refractivity contribution in [2.75, 3.05) is 5.73 Å². The van der Waals surface area contributed by atoms with Gasteiger partial charge in [-0.3, -0.25) is 4.98 Å². The van der Waals surface area contributed by atoms with Crippen LogP contribution in [0.25, 0.3) is 10.9 Å². The molecule has 0 bridgehead atoms. The lowest BCUT2D eigenvalue weighted by Gasteiger charge is -2.05. The Morgan fingerprint density at radius 2 is 2.20 bits per heavy atom. The van der Waals surface area contributed by atoms with Crippen LogP contribution in [0.1, 0.15) is 15.2 Å². The fourth-order valence-corrected chi connectivity index (χ4v) is 2.62. The molecule has 0 spiro atoms. The van der Waals surface area contributed by atoms with E-state index in [1.165, 1.54) is 11.3 Å². The van der Waals surface area contributed by atoms with Crippen LogP contribution in [0.2, 0.25) is 0 Å². The summed E-state index contributed by atoms with van der Waals surface area (Å²) in [5.41, 5.74) is 7.99. The number of fused-ring (bicyclic) bond motifs is 1. The number of pyridine rings is 1. The average molecular weight is 284 g/mol. The minimum atomic E-state index is -0.385. The highest BCUT2D eigenvalue weighted by Crippen LogP contribution is 2.21. The van der Waals surface area contributed by atoms with Gasteiger partial charge in [-0.05, 0) is 35.2 Å². The van der Waals surface area contributed by atoms with Gasteiger partial charge in [-0.25, -0.2) is 4.79 Å². The van der Waals surface area contributed by atoms with Crippen molar-refractivity contribution in [1.82, 2.24) is 4.98 Å².